The number of amides is 1. The number of hydrogen-bond acceptors (Lipinski definition) is 4. The first-order valence-electron chi connectivity index (χ1n) is 7.14. The predicted molar refractivity (Wildman–Crippen MR) is 83.7 cm³/mol. The van der Waals surface area contributed by atoms with Crippen LogP contribution < -0.4 is 5.32 Å². The zero-order valence-corrected chi connectivity index (χ0v) is 13.4. The average molecular weight is 323 g/mol. The molecule has 1 atom stereocenters. The van der Waals surface area contributed by atoms with E-state index in [1.807, 2.05) is 24.3 Å². The minimum Gasteiger partial charge on any atom is -0.394 e. The molecular weight excluding hydrogens is 304 g/mol. The molecule has 2 aromatic rings. The van der Waals surface area contributed by atoms with E-state index in [4.69, 9.17) is 16.1 Å². The fraction of sp³-hybridized carbons (Fsp3) is 0.375. The van der Waals surface area contributed by atoms with Gasteiger partial charge in [0.05, 0.1) is 24.8 Å². The van der Waals surface area contributed by atoms with Crippen molar-refractivity contribution in [1.82, 2.24) is 10.5 Å². The SMILES string of the molecule is CCc1ccc(C(CO)NC(=O)Cc2c(C)noc2Cl)cc1. The molecule has 0 fully saturated rings. The Kier molecular flexibility index (Phi) is 5.57. The molecule has 1 amide bonds. The second-order valence-corrected chi connectivity index (χ2v) is 5.44. The van der Waals surface area contributed by atoms with Gasteiger partial charge in [-0.15, -0.1) is 0 Å². The van der Waals surface area contributed by atoms with Gasteiger partial charge in [0.2, 0.25) is 11.1 Å². The fourth-order valence-corrected chi connectivity index (χ4v) is 2.42. The number of nitrogens with zero attached hydrogens (tertiary/aromatic N) is 1. The summed E-state index contributed by atoms with van der Waals surface area (Å²) in [6.45, 7) is 3.63. The van der Waals surface area contributed by atoms with Gasteiger partial charge in [-0.2, -0.15) is 0 Å². The van der Waals surface area contributed by atoms with Crippen LogP contribution in [0.2, 0.25) is 5.22 Å². The molecule has 0 saturated carbocycles. The van der Waals surface area contributed by atoms with Crippen molar-refractivity contribution in [3.8, 4) is 0 Å². The Morgan fingerprint density at radius 2 is 2.09 bits per heavy atom. The average Bonchev–Trinajstić information content (AvgIpc) is 2.84. The van der Waals surface area contributed by atoms with Crippen LogP contribution in [0.4, 0.5) is 0 Å². The Labute approximate surface area is 134 Å². The van der Waals surface area contributed by atoms with Gasteiger partial charge >= 0.3 is 0 Å². The first kappa shape index (κ1) is 16.5. The van der Waals surface area contributed by atoms with Crippen molar-refractivity contribution in [2.45, 2.75) is 32.7 Å². The van der Waals surface area contributed by atoms with E-state index in [0.29, 0.717) is 11.3 Å². The smallest absolute Gasteiger partial charge is 0.229 e. The number of hydrogen-bond donors (Lipinski definition) is 2. The van der Waals surface area contributed by atoms with E-state index in [1.54, 1.807) is 6.92 Å². The fourth-order valence-electron chi connectivity index (χ4n) is 2.18. The van der Waals surface area contributed by atoms with Gasteiger partial charge in [0.1, 0.15) is 0 Å². The minimum atomic E-state index is -0.447. The highest BCUT2D eigenvalue weighted by atomic mass is 35.5. The number of aliphatic hydroxyl groups excluding tert-OH is 1. The van der Waals surface area contributed by atoms with Crippen LogP contribution in [-0.2, 0) is 17.6 Å². The topological polar surface area (TPSA) is 75.4 Å². The summed E-state index contributed by atoms with van der Waals surface area (Å²) < 4.78 is 4.82. The summed E-state index contributed by atoms with van der Waals surface area (Å²) in [5.74, 6) is -0.244. The largest absolute Gasteiger partial charge is 0.394 e. The summed E-state index contributed by atoms with van der Waals surface area (Å²) in [6, 6.07) is 7.36. The molecule has 22 heavy (non-hydrogen) atoms. The maximum absolute atomic E-state index is 12.1. The van der Waals surface area contributed by atoms with Crippen LogP contribution >= 0.6 is 11.6 Å². The summed E-state index contributed by atoms with van der Waals surface area (Å²) in [5.41, 5.74) is 3.23. The first-order valence-corrected chi connectivity index (χ1v) is 7.52. The lowest BCUT2D eigenvalue weighted by molar-refractivity contribution is -0.121. The van der Waals surface area contributed by atoms with E-state index in [1.165, 1.54) is 5.56 Å². The van der Waals surface area contributed by atoms with Crippen molar-refractivity contribution in [2.75, 3.05) is 6.61 Å². The number of aromatic nitrogens is 1. The van der Waals surface area contributed by atoms with E-state index in [0.717, 1.165) is 12.0 Å². The van der Waals surface area contributed by atoms with E-state index in [-0.39, 0.29) is 24.2 Å². The molecule has 5 nitrogen and oxygen atoms in total. The van der Waals surface area contributed by atoms with Crippen LogP contribution in [0.1, 0.15) is 35.3 Å². The van der Waals surface area contributed by atoms with Gasteiger partial charge in [-0.25, -0.2) is 0 Å². The van der Waals surface area contributed by atoms with Gasteiger partial charge < -0.3 is 14.9 Å². The normalized spacial score (nSPS) is 12.2. The van der Waals surface area contributed by atoms with Crippen LogP contribution in [0.15, 0.2) is 28.8 Å². The van der Waals surface area contributed by atoms with Gasteiger partial charge in [0.15, 0.2) is 0 Å². The lowest BCUT2D eigenvalue weighted by Gasteiger charge is -2.17. The summed E-state index contributed by atoms with van der Waals surface area (Å²) in [6.07, 6.45) is 1.01. The molecule has 1 unspecified atom stereocenters. The van der Waals surface area contributed by atoms with Crippen LogP contribution in [0, 0.1) is 6.92 Å². The third-order valence-electron chi connectivity index (χ3n) is 3.58. The molecule has 118 valence electrons. The maximum atomic E-state index is 12.1. The zero-order chi connectivity index (χ0) is 16.1. The molecule has 0 aliphatic carbocycles. The summed E-state index contributed by atoms with van der Waals surface area (Å²) >= 11 is 5.85. The van der Waals surface area contributed by atoms with Gasteiger partial charge in [0.25, 0.3) is 0 Å². The van der Waals surface area contributed by atoms with Crippen LogP contribution in [0.3, 0.4) is 0 Å². The quantitative estimate of drug-likeness (QED) is 0.857. The number of benzene rings is 1. The molecule has 1 aromatic heterocycles. The number of rotatable bonds is 6. The second kappa shape index (κ2) is 7.42. The molecular formula is C16H19ClN2O3. The lowest BCUT2D eigenvalue weighted by atomic mass is 10.0. The molecule has 2 rings (SSSR count). The maximum Gasteiger partial charge on any atom is 0.229 e. The van der Waals surface area contributed by atoms with Crippen molar-refractivity contribution in [3.63, 3.8) is 0 Å². The first-order chi connectivity index (χ1) is 10.5. The monoisotopic (exact) mass is 322 g/mol. The number of carbonyl (C=O) groups excluding carboxylic acids is 1. The van der Waals surface area contributed by atoms with Crippen molar-refractivity contribution >= 4 is 17.5 Å². The van der Waals surface area contributed by atoms with Crippen molar-refractivity contribution in [2.24, 2.45) is 0 Å². The summed E-state index contributed by atoms with van der Waals surface area (Å²) in [5, 5.41) is 16.1. The highest BCUT2D eigenvalue weighted by Gasteiger charge is 2.18. The molecule has 0 saturated heterocycles. The van der Waals surface area contributed by atoms with Crippen LogP contribution in [0.5, 0.6) is 0 Å². The second-order valence-electron chi connectivity index (χ2n) is 5.09. The Bertz CT molecular complexity index is 618. The minimum absolute atomic E-state index is 0.0672. The van der Waals surface area contributed by atoms with Crippen LogP contribution in [-0.4, -0.2) is 22.8 Å². The standard InChI is InChI=1S/C16H19ClN2O3/c1-3-11-4-6-12(7-5-11)14(9-20)18-15(21)8-13-10(2)19-22-16(13)17/h4-7,14,20H,3,8-9H2,1-2H3,(H,18,21). The van der Waals surface area contributed by atoms with Gasteiger partial charge in [-0.3, -0.25) is 4.79 Å². The highest BCUT2D eigenvalue weighted by Crippen LogP contribution is 2.20. The molecule has 1 heterocycles. The summed E-state index contributed by atoms with van der Waals surface area (Å²) in [7, 11) is 0. The molecule has 0 aliphatic rings. The van der Waals surface area contributed by atoms with Crippen molar-refractivity contribution < 1.29 is 14.4 Å². The Hall–Kier alpha value is -1.85. The molecule has 0 spiro atoms. The highest BCUT2D eigenvalue weighted by molar-refractivity contribution is 6.29. The Morgan fingerprint density at radius 1 is 1.41 bits per heavy atom. The number of carbonyl (C=O) groups is 1. The Morgan fingerprint density at radius 3 is 2.59 bits per heavy atom. The third-order valence-corrected chi connectivity index (χ3v) is 3.88. The van der Waals surface area contributed by atoms with Gasteiger partial charge in [0, 0.05) is 5.56 Å². The third kappa shape index (κ3) is 3.87. The van der Waals surface area contributed by atoms with E-state index in [9.17, 15) is 9.90 Å². The zero-order valence-electron chi connectivity index (χ0n) is 12.6. The van der Waals surface area contributed by atoms with Crippen LogP contribution in [0.25, 0.3) is 0 Å². The number of nitrogens with one attached hydrogen (secondary N) is 1. The van der Waals surface area contributed by atoms with E-state index < -0.39 is 6.04 Å². The number of aliphatic hydroxyl groups is 1. The van der Waals surface area contributed by atoms with Gasteiger partial charge in [-0.1, -0.05) is 36.3 Å². The Balaban J connectivity index is 2.04. The van der Waals surface area contributed by atoms with Gasteiger partial charge in [-0.05, 0) is 36.1 Å². The molecule has 0 bridgehead atoms. The summed E-state index contributed by atoms with van der Waals surface area (Å²) in [4.78, 5) is 12.1. The lowest BCUT2D eigenvalue weighted by Crippen LogP contribution is -2.32. The molecule has 0 aliphatic heterocycles. The molecule has 1 aromatic carbocycles. The van der Waals surface area contributed by atoms with E-state index >= 15 is 0 Å². The van der Waals surface area contributed by atoms with E-state index in [2.05, 4.69) is 17.4 Å². The van der Waals surface area contributed by atoms with Crippen molar-refractivity contribution in [1.29, 1.82) is 0 Å². The molecule has 2 N–H and O–H groups in total. The predicted octanol–water partition coefficient (Wildman–Crippen LogP) is 2.59. The molecule has 6 heteroatoms. The van der Waals surface area contributed by atoms with Crippen molar-refractivity contribution in [3.05, 3.63) is 51.9 Å². The number of halogens is 1. The number of aryl methyl sites for hydroxylation is 2. The molecule has 0 radical (unpaired) electrons.